The summed E-state index contributed by atoms with van der Waals surface area (Å²) in [5.74, 6) is -3.14. The topological polar surface area (TPSA) is 72.2 Å². The number of rotatable bonds is 1. The molecule has 0 atom stereocenters. The highest BCUT2D eigenvalue weighted by Crippen LogP contribution is 2.19. The van der Waals surface area contributed by atoms with Gasteiger partial charge >= 0.3 is 6.03 Å². The molecular weight excluding hydrogens is 230 g/mol. The summed E-state index contributed by atoms with van der Waals surface area (Å²) in [7, 11) is 0. The molecule has 0 saturated carbocycles. The highest BCUT2D eigenvalue weighted by molar-refractivity contribution is 6.30. The van der Waals surface area contributed by atoms with Crippen molar-refractivity contribution in [2.75, 3.05) is 0 Å². The fraction of sp³-hybridized carbons (Fsp3) is 0. The zero-order chi connectivity index (χ0) is 11.6. The van der Waals surface area contributed by atoms with E-state index in [1.165, 1.54) is 0 Å². The molecule has 4 nitrogen and oxygen atoms in total. The molecule has 0 heterocycles. The molecule has 3 N–H and O–H groups in total. The first-order valence-electron chi connectivity index (χ1n) is 3.67. The lowest BCUT2D eigenvalue weighted by molar-refractivity contribution is 0.0962. The minimum atomic E-state index is -1.16. The van der Waals surface area contributed by atoms with Gasteiger partial charge in [0.1, 0.15) is 11.6 Å². The van der Waals surface area contributed by atoms with E-state index in [2.05, 4.69) is 5.73 Å². The summed E-state index contributed by atoms with van der Waals surface area (Å²) in [6.07, 6.45) is 0. The molecule has 0 spiro atoms. The van der Waals surface area contributed by atoms with E-state index in [0.29, 0.717) is 12.1 Å². The summed E-state index contributed by atoms with van der Waals surface area (Å²) < 4.78 is 25.9. The van der Waals surface area contributed by atoms with Gasteiger partial charge in [0.25, 0.3) is 5.91 Å². The zero-order valence-corrected chi connectivity index (χ0v) is 7.94. The number of carbonyl (C=O) groups excluding carboxylic acids is 2. The van der Waals surface area contributed by atoms with Crippen LogP contribution in [0.4, 0.5) is 13.6 Å². The van der Waals surface area contributed by atoms with E-state index in [0.717, 1.165) is 0 Å². The van der Waals surface area contributed by atoms with Crippen molar-refractivity contribution in [2.45, 2.75) is 0 Å². The molecule has 1 aromatic rings. The number of imide groups is 1. The lowest BCUT2D eigenvalue weighted by atomic mass is 10.2. The summed E-state index contributed by atoms with van der Waals surface area (Å²) >= 11 is 5.26. The molecule has 0 fully saturated rings. The Morgan fingerprint density at radius 1 is 1.27 bits per heavy atom. The van der Waals surface area contributed by atoms with Crippen LogP contribution in [-0.2, 0) is 0 Å². The van der Waals surface area contributed by atoms with E-state index in [4.69, 9.17) is 11.6 Å². The smallest absolute Gasteiger partial charge is 0.319 e. The number of halogens is 3. The van der Waals surface area contributed by atoms with Crippen LogP contribution in [0.5, 0.6) is 0 Å². The van der Waals surface area contributed by atoms with Crippen LogP contribution >= 0.6 is 11.6 Å². The number of carbonyl (C=O) groups is 2. The Labute approximate surface area is 88.0 Å². The summed E-state index contributed by atoms with van der Waals surface area (Å²) in [6.45, 7) is 0. The third-order valence-electron chi connectivity index (χ3n) is 1.49. The number of primary amides is 1. The molecule has 0 bridgehead atoms. The molecular formula is C8H5ClF2N2O2. The van der Waals surface area contributed by atoms with Crippen LogP contribution < -0.4 is 11.1 Å². The van der Waals surface area contributed by atoms with Gasteiger partial charge in [-0.1, -0.05) is 11.6 Å². The summed E-state index contributed by atoms with van der Waals surface area (Å²) in [5, 5.41) is 1.14. The molecule has 0 radical (unpaired) electrons. The van der Waals surface area contributed by atoms with Gasteiger partial charge in [-0.2, -0.15) is 0 Å². The summed E-state index contributed by atoms with van der Waals surface area (Å²) in [4.78, 5) is 21.4. The van der Waals surface area contributed by atoms with E-state index >= 15 is 0 Å². The number of nitrogens with one attached hydrogen (secondary N) is 1. The van der Waals surface area contributed by atoms with E-state index in [-0.39, 0.29) is 0 Å². The van der Waals surface area contributed by atoms with E-state index in [1.54, 1.807) is 5.32 Å². The molecule has 80 valence electrons. The standard InChI is InChI=1S/C8H5ClF2N2O2/c9-4-2-5(10)3(1-6(4)11)7(14)13-8(12)15/h1-2H,(H3,12,13,14,15). The van der Waals surface area contributed by atoms with Crippen LogP contribution in [0.25, 0.3) is 0 Å². The van der Waals surface area contributed by atoms with Crippen molar-refractivity contribution in [1.82, 2.24) is 5.32 Å². The zero-order valence-electron chi connectivity index (χ0n) is 7.18. The van der Waals surface area contributed by atoms with Crippen LogP contribution in [0.3, 0.4) is 0 Å². The van der Waals surface area contributed by atoms with Crippen LogP contribution in [0, 0.1) is 11.6 Å². The molecule has 0 unspecified atom stereocenters. The normalized spacial score (nSPS) is 9.80. The molecule has 15 heavy (non-hydrogen) atoms. The predicted molar refractivity (Wildman–Crippen MR) is 48.4 cm³/mol. The summed E-state index contributed by atoms with van der Waals surface area (Å²) in [5.41, 5.74) is 3.99. The average Bonchev–Trinajstić information content (AvgIpc) is 2.09. The highest BCUT2D eigenvalue weighted by Gasteiger charge is 2.16. The Kier molecular flexibility index (Phi) is 3.21. The monoisotopic (exact) mass is 234 g/mol. The molecule has 3 amide bonds. The van der Waals surface area contributed by atoms with Crippen molar-refractivity contribution in [1.29, 1.82) is 0 Å². The predicted octanol–water partition coefficient (Wildman–Crippen LogP) is 1.43. The van der Waals surface area contributed by atoms with Gasteiger partial charge in [0, 0.05) is 0 Å². The fourth-order valence-corrected chi connectivity index (χ4v) is 1.03. The van der Waals surface area contributed by atoms with Crippen LogP contribution in [0.2, 0.25) is 5.02 Å². The third-order valence-corrected chi connectivity index (χ3v) is 1.78. The van der Waals surface area contributed by atoms with Gasteiger partial charge < -0.3 is 5.73 Å². The third kappa shape index (κ3) is 2.63. The lowest BCUT2D eigenvalue weighted by Gasteiger charge is -2.03. The molecule has 0 aliphatic heterocycles. The second-order valence-electron chi connectivity index (χ2n) is 2.56. The Morgan fingerprint density at radius 2 is 1.87 bits per heavy atom. The van der Waals surface area contributed by atoms with E-state index in [9.17, 15) is 18.4 Å². The Hall–Kier alpha value is -1.69. The van der Waals surface area contributed by atoms with Gasteiger partial charge in [-0.25, -0.2) is 13.6 Å². The van der Waals surface area contributed by atoms with Crippen LogP contribution in [-0.4, -0.2) is 11.9 Å². The van der Waals surface area contributed by atoms with Crippen molar-refractivity contribution >= 4 is 23.5 Å². The number of benzene rings is 1. The maximum Gasteiger partial charge on any atom is 0.319 e. The van der Waals surface area contributed by atoms with Gasteiger partial charge in [-0.3, -0.25) is 10.1 Å². The first kappa shape index (κ1) is 11.4. The fourth-order valence-electron chi connectivity index (χ4n) is 0.876. The average molecular weight is 235 g/mol. The van der Waals surface area contributed by atoms with Crippen molar-refractivity contribution in [3.8, 4) is 0 Å². The Bertz CT molecular complexity index is 437. The minimum absolute atomic E-state index is 0.455. The van der Waals surface area contributed by atoms with Crippen molar-refractivity contribution in [3.05, 3.63) is 34.4 Å². The van der Waals surface area contributed by atoms with E-state index in [1.807, 2.05) is 0 Å². The van der Waals surface area contributed by atoms with Crippen molar-refractivity contribution < 1.29 is 18.4 Å². The Balaban J connectivity index is 3.09. The number of hydrogen-bond donors (Lipinski definition) is 2. The Morgan fingerprint density at radius 3 is 2.40 bits per heavy atom. The minimum Gasteiger partial charge on any atom is -0.351 e. The quantitative estimate of drug-likeness (QED) is 0.722. The molecule has 0 aliphatic rings. The van der Waals surface area contributed by atoms with Gasteiger partial charge in [-0.15, -0.1) is 0 Å². The number of hydrogen-bond acceptors (Lipinski definition) is 2. The molecule has 1 rings (SSSR count). The van der Waals surface area contributed by atoms with Crippen LogP contribution in [0.1, 0.15) is 10.4 Å². The van der Waals surface area contributed by atoms with Gasteiger partial charge in [0.2, 0.25) is 0 Å². The first-order chi connectivity index (χ1) is 6.91. The van der Waals surface area contributed by atoms with Crippen LogP contribution in [0.15, 0.2) is 12.1 Å². The second-order valence-corrected chi connectivity index (χ2v) is 2.97. The molecule has 0 aliphatic carbocycles. The van der Waals surface area contributed by atoms with Gasteiger partial charge in [0.05, 0.1) is 10.6 Å². The summed E-state index contributed by atoms with van der Waals surface area (Å²) in [6, 6.07) is 0.0534. The molecule has 0 aromatic heterocycles. The lowest BCUT2D eigenvalue weighted by Crippen LogP contribution is -2.35. The SMILES string of the molecule is NC(=O)NC(=O)c1cc(F)c(Cl)cc1F. The number of nitrogens with two attached hydrogens (primary N) is 1. The highest BCUT2D eigenvalue weighted by atomic mass is 35.5. The van der Waals surface area contributed by atoms with Crippen molar-refractivity contribution in [3.63, 3.8) is 0 Å². The first-order valence-corrected chi connectivity index (χ1v) is 4.05. The van der Waals surface area contributed by atoms with Gasteiger partial charge in [-0.05, 0) is 12.1 Å². The van der Waals surface area contributed by atoms with Crippen molar-refractivity contribution in [2.24, 2.45) is 5.73 Å². The maximum atomic E-state index is 13.1. The maximum absolute atomic E-state index is 13.1. The molecule has 1 aromatic carbocycles. The van der Waals surface area contributed by atoms with Gasteiger partial charge in [0.15, 0.2) is 0 Å². The second kappa shape index (κ2) is 4.22. The van der Waals surface area contributed by atoms with E-state index < -0.39 is 34.2 Å². The number of urea groups is 1. The molecule has 7 heteroatoms. The number of amides is 3. The molecule has 0 saturated heterocycles. The largest absolute Gasteiger partial charge is 0.351 e.